The molecule has 0 saturated carbocycles. The predicted octanol–water partition coefficient (Wildman–Crippen LogP) is 3.97. The molecule has 1 aliphatic rings. The van der Waals surface area contributed by atoms with Crippen LogP contribution >= 0.6 is 0 Å². The Morgan fingerprint density at radius 1 is 0.857 bits per heavy atom. The van der Waals surface area contributed by atoms with Crippen molar-refractivity contribution in [2.45, 2.75) is 26.1 Å². The topological polar surface area (TPSA) is 27.7 Å². The standard InChI is InChI=1S/C18H20O3/c1-13(2)21-18(14-6-4-3-5-7-14)15-8-9-16-17(12-15)20-11-10-19-16/h3-9,12-13,18H,10-11H2,1-2H3. The van der Waals surface area contributed by atoms with Crippen LogP contribution in [0.3, 0.4) is 0 Å². The molecule has 0 radical (unpaired) electrons. The second kappa shape index (κ2) is 6.19. The molecule has 0 saturated heterocycles. The summed E-state index contributed by atoms with van der Waals surface area (Å²) in [6, 6.07) is 16.3. The van der Waals surface area contributed by atoms with Crippen LogP contribution in [-0.4, -0.2) is 19.3 Å². The summed E-state index contributed by atoms with van der Waals surface area (Å²) in [6.07, 6.45) is 0.0467. The molecule has 1 aliphatic heterocycles. The monoisotopic (exact) mass is 284 g/mol. The van der Waals surface area contributed by atoms with E-state index in [1.54, 1.807) is 0 Å². The summed E-state index contributed by atoms with van der Waals surface area (Å²) in [7, 11) is 0. The van der Waals surface area contributed by atoms with E-state index < -0.39 is 0 Å². The number of benzene rings is 2. The molecule has 0 aliphatic carbocycles. The molecule has 0 aromatic heterocycles. The zero-order valence-corrected chi connectivity index (χ0v) is 12.4. The van der Waals surface area contributed by atoms with E-state index in [2.05, 4.69) is 12.1 Å². The lowest BCUT2D eigenvalue weighted by Crippen LogP contribution is -2.16. The minimum Gasteiger partial charge on any atom is -0.486 e. The fraction of sp³-hybridized carbons (Fsp3) is 0.333. The highest BCUT2D eigenvalue weighted by molar-refractivity contribution is 5.46. The molecular formula is C18H20O3. The average Bonchev–Trinajstić information content (AvgIpc) is 2.53. The number of ether oxygens (including phenoxy) is 3. The molecule has 0 N–H and O–H groups in total. The van der Waals surface area contributed by atoms with Crippen LogP contribution in [0.25, 0.3) is 0 Å². The van der Waals surface area contributed by atoms with Crippen LogP contribution in [-0.2, 0) is 4.74 Å². The minimum atomic E-state index is -0.0953. The molecule has 1 atom stereocenters. The van der Waals surface area contributed by atoms with Crippen molar-refractivity contribution in [2.24, 2.45) is 0 Å². The largest absolute Gasteiger partial charge is 0.486 e. The third kappa shape index (κ3) is 3.19. The van der Waals surface area contributed by atoms with Crippen molar-refractivity contribution in [2.75, 3.05) is 13.2 Å². The molecule has 21 heavy (non-hydrogen) atoms. The van der Waals surface area contributed by atoms with E-state index in [0.29, 0.717) is 13.2 Å². The van der Waals surface area contributed by atoms with E-state index in [9.17, 15) is 0 Å². The van der Waals surface area contributed by atoms with E-state index in [0.717, 1.165) is 22.6 Å². The van der Waals surface area contributed by atoms with Crippen molar-refractivity contribution in [1.29, 1.82) is 0 Å². The summed E-state index contributed by atoms with van der Waals surface area (Å²) in [5.41, 5.74) is 2.22. The van der Waals surface area contributed by atoms with Crippen molar-refractivity contribution in [3.63, 3.8) is 0 Å². The first-order valence-corrected chi connectivity index (χ1v) is 7.34. The highest BCUT2D eigenvalue weighted by atomic mass is 16.6. The van der Waals surface area contributed by atoms with Crippen LogP contribution in [0, 0.1) is 0 Å². The number of rotatable bonds is 4. The van der Waals surface area contributed by atoms with Gasteiger partial charge in [0.05, 0.1) is 6.10 Å². The summed E-state index contributed by atoms with van der Waals surface area (Å²) in [6.45, 7) is 5.30. The van der Waals surface area contributed by atoms with Gasteiger partial charge in [-0.1, -0.05) is 36.4 Å². The summed E-state index contributed by atoms with van der Waals surface area (Å²) < 4.78 is 17.4. The fourth-order valence-electron chi connectivity index (χ4n) is 2.47. The number of hydrogen-bond donors (Lipinski definition) is 0. The zero-order valence-electron chi connectivity index (χ0n) is 12.4. The van der Waals surface area contributed by atoms with Crippen LogP contribution in [0.2, 0.25) is 0 Å². The van der Waals surface area contributed by atoms with Crippen molar-refractivity contribution in [3.05, 3.63) is 59.7 Å². The summed E-state index contributed by atoms with van der Waals surface area (Å²) in [4.78, 5) is 0. The summed E-state index contributed by atoms with van der Waals surface area (Å²) in [5.74, 6) is 1.60. The SMILES string of the molecule is CC(C)OC(c1ccccc1)c1ccc2c(c1)OCCO2. The van der Waals surface area contributed by atoms with Gasteiger partial charge in [-0.25, -0.2) is 0 Å². The van der Waals surface area contributed by atoms with Gasteiger partial charge in [-0.15, -0.1) is 0 Å². The van der Waals surface area contributed by atoms with Gasteiger partial charge in [0.25, 0.3) is 0 Å². The van der Waals surface area contributed by atoms with Gasteiger partial charge in [-0.05, 0) is 37.1 Å². The molecule has 110 valence electrons. The van der Waals surface area contributed by atoms with Gasteiger partial charge < -0.3 is 14.2 Å². The maximum atomic E-state index is 6.12. The third-order valence-electron chi connectivity index (χ3n) is 3.38. The molecule has 0 fully saturated rings. The molecule has 2 aromatic rings. The minimum absolute atomic E-state index is 0.0953. The van der Waals surface area contributed by atoms with Gasteiger partial charge in [-0.2, -0.15) is 0 Å². The van der Waals surface area contributed by atoms with Crippen LogP contribution in [0.1, 0.15) is 31.1 Å². The third-order valence-corrected chi connectivity index (χ3v) is 3.38. The molecule has 2 aromatic carbocycles. The van der Waals surface area contributed by atoms with Gasteiger partial charge in [0.2, 0.25) is 0 Å². The average molecular weight is 284 g/mol. The van der Waals surface area contributed by atoms with Crippen LogP contribution in [0.4, 0.5) is 0 Å². The molecule has 0 amide bonds. The lowest BCUT2D eigenvalue weighted by atomic mass is 10.0. The second-order valence-electron chi connectivity index (χ2n) is 5.38. The van der Waals surface area contributed by atoms with E-state index >= 15 is 0 Å². The molecular weight excluding hydrogens is 264 g/mol. The van der Waals surface area contributed by atoms with Gasteiger partial charge >= 0.3 is 0 Å². The van der Waals surface area contributed by atoms with Crippen LogP contribution in [0.5, 0.6) is 11.5 Å². The van der Waals surface area contributed by atoms with Crippen molar-refractivity contribution >= 4 is 0 Å². The van der Waals surface area contributed by atoms with Gasteiger partial charge in [0.1, 0.15) is 19.3 Å². The van der Waals surface area contributed by atoms with E-state index in [4.69, 9.17) is 14.2 Å². The molecule has 1 unspecified atom stereocenters. The van der Waals surface area contributed by atoms with Gasteiger partial charge in [0, 0.05) is 0 Å². The Kier molecular flexibility index (Phi) is 4.11. The maximum absolute atomic E-state index is 6.12. The Morgan fingerprint density at radius 2 is 1.57 bits per heavy atom. The smallest absolute Gasteiger partial charge is 0.161 e. The zero-order chi connectivity index (χ0) is 14.7. The first kappa shape index (κ1) is 14.0. The van der Waals surface area contributed by atoms with Gasteiger partial charge in [0.15, 0.2) is 11.5 Å². The number of hydrogen-bond acceptors (Lipinski definition) is 3. The lowest BCUT2D eigenvalue weighted by Gasteiger charge is -2.24. The fourth-order valence-corrected chi connectivity index (χ4v) is 2.47. The molecule has 0 spiro atoms. The number of fused-ring (bicyclic) bond motifs is 1. The van der Waals surface area contributed by atoms with Gasteiger partial charge in [-0.3, -0.25) is 0 Å². The van der Waals surface area contributed by atoms with E-state index in [-0.39, 0.29) is 12.2 Å². The Labute approximate surface area is 125 Å². The Bertz CT molecular complexity index is 593. The van der Waals surface area contributed by atoms with Crippen molar-refractivity contribution < 1.29 is 14.2 Å². The van der Waals surface area contributed by atoms with Crippen LogP contribution in [0.15, 0.2) is 48.5 Å². The first-order chi connectivity index (χ1) is 10.2. The predicted molar refractivity (Wildman–Crippen MR) is 81.9 cm³/mol. The second-order valence-corrected chi connectivity index (χ2v) is 5.38. The Hall–Kier alpha value is -2.00. The highest BCUT2D eigenvalue weighted by Gasteiger charge is 2.20. The molecule has 3 heteroatoms. The Morgan fingerprint density at radius 3 is 2.29 bits per heavy atom. The summed E-state index contributed by atoms with van der Waals surface area (Å²) in [5, 5.41) is 0. The Balaban J connectivity index is 1.96. The van der Waals surface area contributed by atoms with E-state index in [1.807, 2.05) is 50.2 Å². The van der Waals surface area contributed by atoms with E-state index in [1.165, 1.54) is 0 Å². The lowest BCUT2D eigenvalue weighted by molar-refractivity contribution is 0.0301. The maximum Gasteiger partial charge on any atom is 0.161 e. The molecule has 0 bridgehead atoms. The first-order valence-electron chi connectivity index (χ1n) is 7.34. The molecule has 3 rings (SSSR count). The van der Waals surface area contributed by atoms with Crippen molar-refractivity contribution in [3.8, 4) is 11.5 Å². The summed E-state index contributed by atoms with van der Waals surface area (Å²) >= 11 is 0. The quantitative estimate of drug-likeness (QED) is 0.850. The highest BCUT2D eigenvalue weighted by Crippen LogP contribution is 2.36. The van der Waals surface area contributed by atoms with Crippen molar-refractivity contribution in [1.82, 2.24) is 0 Å². The molecule has 1 heterocycles. The normalized spacial score (nSPS) is 15.0. The van der Waals surface area contributed by atoms with Crippen LogP contribution < -0.4 is 9.47 Å². The molecule has 3 nitrogen and oxygen atoms in total.